The summed E-state index contributed by atoms with van der Waals surface area (Å²) in [5.74, 6) is -0.594. The van der Waals surface area contributed by atoms with Gasteiger partial charge in [-0.1, -0.05) is 0 Å². The van der Waals surface area contributed by atoms with Gasteiger partial charge in [-0.2, -0.15) is 0 Å². The molecule has 0 aromatic carbocycles. The number of fused-ring (bicyclic) bond motifs is 3. The van der Waals surface area contributed by atoms with Crippen molar-refractivity contribution in [2.75, 3.05) is 20.2 Å². The summed E-state index contributed by atoms with van der Waals surface area (Å²) in [5, 5.41) is 1.95. The third-order valence-corrected chi connectivity index (χ3v) is 4.93. The van der Waals surface area contributed by atoms with Crippen LogP contribution in [0.4, 0.5) is 0 Å². The normalized spacial score (nSPS) is 11.1. The molecule has 6 nitrogen and oxygen atoms in total. The fourth-order valence-corrected chi connectivity index (χ4v) is 3.82. The van der Waals surface area contributed by atoms with E-state index in [2.05, 4.69) is 9.72 Å². The van der Waals surface area contributed by atoms with Gasteiger partial charge in [0.15, 0.2) is 4.96 Å². The molecule has 0 saturated carbocycles. The molecular formula is C13H13N3O3S2. The maximum Gasteiger partial charge on any atom is 0.325 e. The molecule has 0 aliphatic rings. The number of aromatic nitrogens is 2. The predicted molar refractivity (Wildman–Crippen MR) is 82.0 cm³/mol. The molecule has 0 unspecified atom stereocenters. The molecule has 0 saturated heterocycles. The lowest BCUT2D eigenvalue weighted by Crippen LogP contribution is -2.35. The molecule has 0 spiro atoms. The Hall–Kier alpha value is -1.93. The molecule has 21 heavy (non-hydrogen) atoms. The lowest BCUT2D eigenvalue weighted by atomic mass is 10.3. The van der Waals surface area contributed by atoms with Crippen molar-refractivity contribution in [2.24, 2.45) is 0 Å². The number of nitrogens with zero attached hydrogens (tertiary/aromatic N) is 3. The first-order valence-corrected chi connectivity index (χ1v) is 8.04. The van der Waals surface area contributed by atoms with Crippen molar-refractivity contribution in [3.63, 3.8) is 0 Å². The number of methoxy groups -OCH3 is 1. The quantitative estimate of drug-likeness (QED) is 0.691. The average molecular weight is 323 g/mol. The number of esters is 1. The standard InChI is InChI=1S/C13H13N3O3S2/c1-3-15(7-10(17)19-2)12(18)9-6-8-11(21-9)14-13-16(8)4-5-20-13/h4-6H,3,7H2,1-2H3. The number of imidazole rings is 1. The summed E-state index contributed by atoms with van der Waals surface area (Å²) >= 11 is 2.90. The van der Waals surface area contributed by atoms with Gasteiger partial charge < -0.3 is 9.64 Å². The van der Waals surface area contributed by atoms with Crippen LogP contribution in [0.3, 0.4) is 0 Å². The molecule has 3 aromatic heterocycles. The molecule has 110 valence electrons. The molecule has 0 fully saturated rings. The van der Waals surface area contributed by atoms with E-state index in [4.69, 9.17) is 0 Å². The Labute approximate surface area is 128 Å². The first-order chi connectivity index (χ1) is 10.1. The van der Waals surface area contributed by atoms with Gasteiger partial charge in [0.2, 0.25) is 0 Å². The maximum absolute atomic E-state index is 12.5. The van der Waals surface area contributed by atoms with Gasteiger partial charge in [-0.05, 0) is 13.0 Å². The molecule has 3 heterocycles. The van der Waals surface area contributed by atoms with Crippen LogP contribution in [-0.2, 0) is 9.53 Å². The van der Waals surface area contributed by atoms with Crippen LogP contribution in [0.15, 0.2) is 17.6 Å². The minimum atomic E-state index is -0.423. The Morgan fingerprint density at radius 1 is 1.48 bits per heavy atom. The SMILES string of the molecule is CCN(CC(=O)OC)C(=O)c1cc2c(nc3sccn32)s1. The number of hydrogen-bond acceptors (Lipinski definition) is 6. The van der Waals surface area contributed by atoms with E-state index in [-0.39, 0.29) is 12.5 Å². The van der Waals surface area contributed by atoms with Gasteiger partial charge in [0.05, 0.1) is 17.5 Å². The van der Waals surface area contributed by atoms with Crippen LogP contribution < -0.4 is 0 Å². The second-order valence-corrected chi connectivity index (χ2v) is 6.27. The second-order valence-electron chi connectivity index (χ2n) is 4.36. The summed E-state index contributed by atoms with van der Waals surface area (Å²) in [6, 6.07) is 1.83. The first kappa shape index (κ1) is 14.0. The Balaban J connectivity index is 1.92. The number of ether oxygens (including phenoxy) is 1. The lowest BCUT2D eigenvalue weighted by Gasteiger charge is -2.18. The number of likely N-dealkylation sites (N-methyl/N-ethyl adjacent to an activating group) is 1. The molecule has 3 rings (SSSR count). The highest BCUT2D eigenvalue weighted by Crippen LogP contribution is 2.28. The summed E-state index contributed by atoms with van der Waals surface area (Å²) < 4.78 is 6.58. The van der Waals surface area contributed by atoms with E-state index in [1.807, 2.05) is 29.0 Å². The summed E-state index contributed by atoms with van der Waals surface area (Å²) in [5.41, 5.74) is 0.925. The third-order valence-electron chi connectivity index (χ3n) is 3.17. The zero-order valence-corrected chi connectivity index (χ0v) is 13.2. The van der Waals surface area contributed by atoms with Crippen LogP contribution >= 0.6 is 22.7 Å². The summed E-state index contributed by atoms with van der Waals surface area (Å²) in [6.07, 6.45) is 1.93. The number of rotatable bonds is 4. The molecule has 0 aliphatic carbocycles. The Morgan fingerprint density at radius 3 is 3.00 bits per heavy atom. The monoisotopic (exact) mass is 323 g/mol. The minimum Gasteiger partial charge on any atom is -0.468 e. The molecule has 0 radical (unpaired) electrons. The maximum atomic E-state index is 12.5. The van der Waals surface area contributed by atoms with E-state index < -0.39 is 5.97 Å². The highest BCUT2D eigenvalue weighted by Gasteiger charge is 2.21. The van der Waals surface area contributed by atoms with E-state index in [1.54, 1.807) is 11.3 Å². The number of carbonyl (C=O) groups excluding carboxylic acids is 2. The third kappa shape index (κ3) is 2.40. The minimum absolute atomic E-state index is 0.0393. The largest absolute Gasteiger partial charge is 0.468 e. The summed E-state index contributed by atoms with van der Waals surface area (Å²) in [7, 11) is 1.31. The molecule has 0 bridgehead atoms. The van der Waals surface area contributed by atoms with E-state index >= 15 is 0 Å². The lowest BCUT2D eigenvalue weighted by molar-refractivity contribution is -0.141. The van der Waals surface area contributed by atoms with Gasteiger partial charge in [0, 0.05) is 18.1 Å². The Bertz CT molecular complexity index is 817. The second kappa shape index (κ2) is 5.45. The number of hydrogen-bond donors (Lipinski definition) is 0. The van der Waals surface area contributed by atoms with Gasteiger partial charge in [0.1, 0.15) is 11.4 Å². The van der Waals surface area contributed by atoms with Gasteiger partial charge in [-0.25, -0.2) is 4.98 Å². The van der Waals surface area contributed by atoms with E-state index in [9.17, 15) is 9.59 Å². The highest BCUT2D eigenvalue weighted by atomic mass is 32.1. The van der Waals surface area contributed by atoms with E-state index in [1.165, 1.54) is 23.3 Å². The zero-order valence-electron chi connectivity index (χ0n) is 11.5. The van der Waals surface area contributed by atoms with Crippen molar-refractivity contribution in [3.8, 4) is 0 Å². The van der Waals surface area contributed by atoms with Crippen LogP contribution in [0.2, 0.25) is 0 Å². The number of carbonyl (C=O) groups is 2. The smallest absolute Gasteiger partial charge is 0.325 e. The molecule has 3 aromatic rings. The van der Waals surface area contributed by atoms with Crippen molar-refractivity contribution in [1.29, 1.82) is 0 Å². The van der Waals surface area contributed by atoms with Crippen LogP contribution in [-0.4, -0.2) is 46.4 Å². The van der Waals surface area contributed by atoms with Crippen molar-refractivity contribution in [3.05, 3.63) is 22.5 Å². The van der Waals surface area contributed by atoms with Crippen LogP contribution in [0.1, 0.15) is 16.6 Å². The van der Waals surface area contributed by atoms with Gasteiger partial charge in [0.25, 0.3) is 5.91 Å². The van der Waals surface area contributed by atoms with Gasteiger partial charge in [-0.3, -0.25) is 14.0 Å². The Kier molecular flexibility index (Phi) is 3.64. The fourth-order valence-electron chi connectivity index (χ4n) is 2.06. The first-order valence-electron chi connectivity index (χ1n) is 6.35. The molecule has 0 N–H and O–H groups in total. The van der Waals surface area contributed by atoms with Crippen molar-refractivity contribution < 1.29 is 14.3 Å². The van der Waals surface area contributed by atoms with Crippen molar-refractivity contribution in [1.82, 2.24) is 14.3 Å². The number of amides is 1. The topological polar surface area (TPSA) is 63.9 Å². The average Bonchev–Trinajstić information content (AvgIpc) is 3.14. The van der Waals surface area contributed by atoms with E-state index in [0.717, 1.165) is 15.3 Å². The summed E-state index contributed by atoms with van der Waals surface area (Å²) in [6.45, 7) is 2.24. The van der Waals surface area contributed by atoms with Crippen LogP contribution in [0.25, 0.3) is 15.3 Å². The zero-order chi connectivity index (χ0) is 15.0. The molecule has 0 atom stereocenters. The Morgan fingerprint density at radius 2 is 2.29 bits per heavy atom. The highest BCUT2D eigenvalue weighted by molar-refractivity contribution is 7.21. The summed E-state index contributed by atoms with van der Waals surface area (Å²) in [4.78, 5) is 32.1. The number of thiazole rings is 1. The van der Waals surface area contributed by atoms with Gasteiger partial charge in [-0.15, -0.1) is 22.7 Å². The number of thiophene rings is 1. The van der Waals surface area contributed by atoms with Gasteiger partial charge >= 0.3 is 5.97 Å². The van der Waals surface area contributed by atoms with E-state index in [0.29, 0.717) is 11.4 Å². The van der Waals surface area contributed by atoms with Crippen molar-refractivity contribution >= 4 is 49.9 Å². The molecule has 8 heteroatoms. The molecule has 0 aliphatic heterocycles. The van der Waals surface area contributed by atoms with Crippen LogP contribution in [0, 0.1) is 0 Å². The molecule has 1 amide bonds. The predicted octanol–water partition coefficient (Wildman–Crippen LogP) is 2.25. The molecular weight excluding hydrogens is 310 g/mol. The van der Waals surface area contributed by atoms with Crippen LogP contribution in [0.5, 0.6) is 0 Å². The fraction of sp³-hybridized carbons (Fsp3) is 0.308. The van der Waals surface area contributed by atoms with Crippen molar-refractivity contribution in [2.45, 2.75) is 6.92 Å².